The van der Waals surface area contributed by atoms with E-state index in [4.69, 9.17) is 4.74 Å². The van der Waals surface area contributed by atoms with Crippen molar-refractivity contribution >= 4 is 17.4 Å². The van der Waals surface area contributed by atoms with Crippen molar-refractivity contribution in [2.45, 2.75) is 46.6 Å². The van der Waals surface area contributed by atoms with E-state index in [1.807, 2.05) is 34.6 Å². The number of hydrogen-bond donors (Lipinski definition) is 1. The number of Topliss-reactive ketones (excluding diaryl/α,β-unsaturated/α-hetero) is 1. The Kier molecular flexibility index (Phi) is 8.67. The summed E-state index contributed by atoms with van der Waals surface area (Å²) in [5.74, 6) is -1.59. The lowest BCUT2D eigenvalue weighted by Crippen LogP contribution is -2.38. The number of likely N-dealkylation sites (tertiary alicyclic amines) is 1. The second-order valence-electron chi connectivity index (χ2n) is 8.88. The molecule has 1 aliphatic heterocycles. The van der Waals surface area contributed by atoms with Gasteiger partial charge in [0.2, 0.25) is 0 Å². The Balaban J connectivity index is 2.15. The highest BCUT2D eigenvalue weighted by Gasteiger charge is 2.46. The summed E-state index contributed by atoms with van der Waals surface area (Å²) >= 11 is 0. The van der Waals surface area contributed by atoms with Gasteiger partial charge in [-0.2, -0.15) is 0 Å². The van der Waals surface area contributed by atoms with Crippen molar-refractivity contribution in [1.29, 1.82) is 0 Å². The molecule has 1 atom stereocenters. The van der Waals surface area contributed by atoms with Crippen molar-refractivity contribution in [3.05, 3.63) is 70.5 Å². The predicted molar refractivity (Wildman–Crippen MR) is 135 cm³/mol. The minimum Gasteiger partial charge on any atom is -0.507 e. The van der Waals surface area contributed by atoms with Gasteiger partial charge >= 0.3 is 0 Å². The van der Waals surface area contributed by atoms with Gasteiger partial charge in [0.05, 0.1) is 18.2 Å². The smallest absolute Gasteiger partial charge is 0.295 e. The van der Waals surface area contributed by atoms with Crippen LogP contribution in [-0.2, 0) is 9.59 Å². The van der Waals surface area contributed by atoms with Crippen LogP contribution in [0.2, 0.25) is 0 Å². The Morgan fingerprint density at radius 2 is 1.80 bits per heavy atom. The minimum absolute atomic E-state index is 0.0986. The summed E-state index contributed by atoms with van der Waals surface area (Å²) < 4.78 is 20.7. The van der Waals surface area contributed by atoms with E-state index in [2.05, 4.69) is 4.90 Å². The molecule has 0 radical (unpaired) electrons. The fourth-order valence-corrected chi connectivity index (χ4v) is 4.51. The van der Waals surface area contributed by atoms with E-state index in [0.717, 1.165) is 18.7 Å². The van der Waals surface area contributed by atoms with Gasteiger partial charge in [-0.1, -0.05) is 45.9 Å². The van der Waals surface area contributed by atoms with Gasteiger partial charge in [0.15, 0.2) is 0 Å². The number of halogens is 1. The largest absolute Gasteiger partial charge is 0.507 e. The highest BCUT2D eigenvalue weighted by molar-refractivity contribution is 6.46. The van der Waals surface area contributed by atoms with Crippen LogP contribution in [0.4, 0.5) is 4.39 Å². The third kappa shape index (κ3) is 5.40. The van der Waals surface area contributed by atoms with Crippen LogP contribution in [0.15, 0.2) is 48.0 Å². The van der Waals surface area contributed by atoms with Gasteiger partial charge in [-0.15, -0.1) is 0 Å². The zero-order valence-corrected chi connectivity index (χ0v) is 21.2. The molecule has 6 nitrogen and oxygen atoms in total. The molecule has 0 saturated carbocycles. The number of carbonyl (C=O) groups is 2. The monoisotopic (exact) mass is 482 g/mol. The molecule has 0 aromatic heterocycles. The fourth-order valence-electron chi connectivity index (χ4n) is 4.51. The molecule has 35 heavy (non-hydrogen) atoms. The highest BCUT2D eigenvalue weighted by atomic mass is 19.1. The van der Waals surface area contributed by atoms with Gasteiger partial charge < -0.3 is 19.6 Å². The summed E-state index contributed by atoms with van der Waals surface area (Å²) in [6, 6.07) is 10.2. The van der Waals surface area contributed by atoms with E-state index >= 15 is 0 Å². The van der Waals surface area contributed by atoms with Crippen molar-refractivity contribution < 1.29 is 23.8 Å². The maximum Gasteiger partial charge on any atom is 0.295 e. The highest BCUT2D eigenvalue weighted by Crippen LogP contribution is 2.41. The molecule has 0 aliphatic carbocycles. The molecule has 2 aromatic rings. The van der Waals surface area contributed by atoms with Crippen LogP contribution in [0.25, 0.3) is 5.76 Å². The van der Waals surface area contributed by atoms with Crippen molar-refractivity contribution in [1.82, 2.24) is 9.80 Å². The number of ketones is 1. The molecule has 188 valence electrons. The van der Waals surface area contributed by atoms with Crippen molar-refractivity contribution in [2.24, 2.45) is 0 Å². The first-order valence-corrected chi connectivity index (χ1v) is 12.3. The second kappa shape index (κ2) is 11.5. The molecule has 0 bridgehead atoms. The van der Waals surface area contributed by atoms with Gasteiger partial charge in [0.25, 0.3) is 11.7 Å². The van der Waals surface area contributed by atoms with E-state index in [0.29, 0.717) is 24.5 Å². The predicted octanol–water partition coefficient (Wildman–Crippen LogP) is 5.11. The molecule has 1 fully saturated rings. The zero-order chi connectivity index (χ0) is 25.7. The first-order valence-electron chi connectivity index (χ1n) is 12.3. The van der Waals surface area contributed by atoms with Crippen molar-refractivity contribution in [3.8, 4) is 5.75 Å². The van der Waals surface area contributed by atoms with Gasteiger partial charge in [-0.05, 0) is 55.8 Å². The number of hydrogen-bond acceptors (Lipinski definition) is 5. The van der Waals surface area contributed by atoms with E-state index in [9.17, 15) is 19.1 Å². The fraction of sp³-hybridized carbons (Fsp3) is 0.429. The van der Waals surface area contributed by atoms with E-state index in [1.54, 1.807) is 36.4 Å². The minimum atomic E-state index is -1.01. The van der Waals surface area contributed by atoms with E-state index in [-0.39, 0.29) is 29.4 Å². The third-order valence-corrected chi connectivity index (χ3v) is 6.50. The van der Waals surface area contributed by atoms with Crippen molar-refractivity contribution in [3.63, 3.8) is 0 Å². The third-order valence-electron chi connectivity index (χ3n) is 6.50. The quantitative estimate of drug-likeness (QED) is 0.289. The van der Waals surface area contributed by atoms with Crippen LogP contribution < -0.4 is 4.74 Å². The standard InChI is InChI=1S/C28H35FN2O4/c1-6-30(7-2)15-16-31-25(20-11-9-10-12-22(20)29)24(27(33)28(31)34)26(32)19-13-14-23(35-8-3)21(17-19)18(4)5/h9-14,17-18,25,32H,6-8,15-16H2,1-5H3/b26-24+. The molecule has 0 spiro atoms. The topological polar surface area (TPSA) is 70.1 Å². The first kappa shape index (κ1) is 26.4. The second-order valence-corrected chi connectivity index (χ2v) is 8.88. The summed E-state index contributed by atoms with van der Waals surface area (Å²) in [5, 5.41) is 11.4. The van der Waals surface area contributed by atoms with Gasteiger partial charge in [0, 0.05) is 24.2 Å². The van der Waals surface area contributed by atoms with E-state index in [1.165, 1.54) is 11.0 Å². The van der Waals surface area contributed by atoms with E-state index < -0.39 is 23.5 Å². The molecule has 1 N–H and O–H groups in total. The number of ether oxygens (including phenoxy) is 1. The Labute approximate surface area is 207 Å². The number of rotatable bonds is 10. The van der Waals surface area contributed by atoms with Crippen LogP contribution in [0.1, 0.15) is 63.3 Å². The number of aliphatic hydroxyl groups excluding tert-OH is 1. The summed E-state index contributed by atoms with van der Waals surface area (Å²) in [6.45, 7) is 12.8. The summed E-state index contributed by atoms with van der Waals surface area (Å²) in [7, 11) is 0. The van der Waals surface area contributed by atoms with Crippen LogP contribution in [0.3, 0.4) is 0 Å². The number of aliphatic hydroxyl groups is 1. The maximum atomic E-state index is 15.0. The summed E-state index contributed by atoms with van der Waals surface area (Å²) in [6.07, 6.45) is 0. The lowest BCUT2D eigenvalue weighted by Gasteiger charge is -2.28. The molecule has 3 rings (SSSR count). The number of benzene rings is 2. The summed E-state index contributed by atoms with van der Waals surface area (Å²) in [5.41, 5.74) is 1.34. The normalized spacial score (nSPS) is 17.6. The first-order chi connectivity index (χ1) is 16.7. The van der Waals surface area contributed by atoms with Crippen LogP contribution in [0.5, 0.6) is 5.75 Å². The van der Waals surface area contributed by atoms with Crippen LogP contribution in [-0.4, -0.2) is 59.4 Å². The molecular weight excluding hydrogens is 447 g/mol. The molecule has 1 aliphatic rings. The molecule has 7 heteroatoms. The Morgan fingerprint density at radius 3 is 2.40 bits per heavy atom. The Morgan fingerprint density at radius 1 is 1.11 bits per heavy atom. The molecule has 2 aromatic carbocycles. The van der Waals surface area contributed by atoms with Crippen molar-refractivity contribution in [2.75, 3.05) is 32.8 Å². The van der Waals surface area contributed by atoms with Gasteiger partial charge in [-0.25, -0.2) is 4.39 Å². The van der Waals surface area contributed by atoms with Gasteiger partial charge in [-0.3, -0.25) is 9.59 Å². The van der Waals surface area contributed by atoms with Gasteiger partial charge in [0.1, 0.15) is 17.3 Å². The number of likely N-dealkylation sites (N-methyl/N-ethyl adjacent to an activating group) is 1. The number of amides is 1. The summed E-state index contributed by atoms with van der Waals surface area (Å²) in [4.78, 5) is 29.8. The molecule has 1 unspecified atom stereocenters. The molecule has 1 amide bonds. The maximum absolute atomic E-state index is 15.0. The Bertz CT molecular complexity index is 1110. The molecule has 1 heterocycles. The van der Waals surface area contributed by atoms with Crippen LogP contribution >= 0.6 is 0 Å². The van der Waals surface area contributed by atoms with Crippen LogP contribution in [0, 0.1) is 5.82 Å². The number of carbonyl (C=O) groups excluding carboxylic acids is 2. The number of nitrogens with zero attached hydrogens (tertiary/aromatic N) is 2. The average Bonchev–Trinajstić information content (AvgIpc) is 3.09. The SMILES string of the molecule is CCOc1ccc(/C(O)=C2\C(=O)C(=O)N(CCN(CC)CC)C2c2ccccc2F)cc1C(C)C. The average molecular weight is 483 g/mol. The zero-order valence-electron chi connectivity index (χ0n) is 21.2. The Hall–Kier alpha value is -3.19. The molecule has 1 saturated heterocycles. The lowest BCUT2D eigenvalue weighted by atomic mass is 9.93. The lowest BCUT2D eigenvalue weighted by molar-refractivity contribution is -0.140. The molecular formula is C28H35FN2O4.